The molecule has 0 aliphatic carbocycles. The van der Waals surface area contributed by atoms with Gasteiger partial charge in [0.25, 0.3) is 0 Å². The standard InChI is InChI=1S/C17H20N4O6/c1-2-20-8-9-21(16(26)15(20)25)17(27)19-13(11-6-4-3-5-7-11)14(24)18-10-12(22)23/h3-7,13H,2,8-10H2,1H3,(H,18,24)(H,19,27)(H,22,23)/t13-/m0/s1. The molecule has 1 aliphatic rings. The smallest absolute Gasteiger partial charge is 0.325 e. The summed E-state index contributed by atoms with van der Waals surface area (Å²) in [6, 6.07) is 6.04. The molecule has 1 aliphatic heterocycles. The molecule has 1 heterocycles. The molecule has 1 atom stereocenters. The Morgan fingerprint density at radius 2 is 1.78 bits per heavy atom. The van der Waals surface area contributed by atoms with Gasteiger partial charge in [-0.3, -0.25) is 24.1 Å². The third-order valence-corrected chi connectivity index (χ3v) is 4.01. The quantitative estimate of drug-likeness (QED) is 0.563. The Morgan fingerprint density at radius 3 is 2.37 bits per heavy atom. The summed E-state index contributed by atoms with van der Waals surface area (Å²) in [5.74, 6) is -3.75. The maximum absolute atomic E-state index is 12.5. The van der Waals surface area contributed by atoms with Crippen LogP contribution in [0.4, 0.5) is 4.79 Å². The highest BCUT2D eigenvalue weighted by atomic mass is 16.4. The van der Waals surface area contributed by atoms with Gasteiger partial charge in [-0.05, 0) is 12.5 Å². The number of hydrogen-bond donors (Lipinski definition) is 3. The average molecular weight is 376 g/mol. The first-order valence-corrected chi connectivity index (χ1v) is 8.30. The van der Waals surface area contributed by atoms with Crippen molar-refractivity contribution < 1.29 is 29.1 Å². The van der Waals surface area contributed by atoms with Crippen LogP contribution in [0.15, 0.2) is 30.3 Å². The van der Waals surface area contributed by atoms with Gasteiger partial charge in [-0.15, -0.1) is 0 Å². The molecule has 5 amide bonds. The number of benzene rings is 1. The molecule has 0 spiro atoms. The van der Waals surface area contributed by atoms with Gasteiger partial charge in [0, 0.05) is 19.6 Å². The number of hydrogen-bond acceptors (Lipinski definition) is 5. The summed E-state index contributed by atoms with van der Waals surface area (Å²) in [5.41, 5.74) is 0.403. The van der Waals surface area contributed by atoms with Gasteiger partial charge in [-0.1, -0.05) is 30.3 Å². The zero-order valence-electron chi connectivity index (χ0n) is 14.7. The van der Waals surface area contributed by atoms with Crippen LogP contribution in [0.2, 0.25) is 0 Å². The maximum Gasteiger partial charge on any atom is 0.325 e. The van der Waals surface area contributed by atoms with Gasteiger partial charge in [0.2, 0.25) is 5.91 Å². The van der Waals surface area contributed by atoms with Crippen molar-refractivity contribution in [3.05, 3.63) is 35.9 Å². The van der Waals surface area contributed by atoms with Gasteiger partial charge >= 0.3 is 23.8 Å². The SMILES string of the molecule is CCN1CCN(C(=O)N[C@H](C(=O)NCC(=O)O)c2ccccc2)C(=O)C1=O. The van der Waals surface area contributed by atoms with E-state index in [2.05, 4.69) is 10.6 Å². The highest BCUT2D eigenvalue weighted by Gasteiger charge is 2.37. The van der Waals surface area contributed by atoms with Crippen LogP contribution in [-0.2, 0) is 19.2 Å². The molecule has 0 saturated carbocycles. The first-order chi connectivity index (χ1) is 12.8. The minimum Gasteiger partial charge on any atom is -0.480 e. The van der Waals surface area contributed by atoms with Crippen LogP contribution < -0.4 is 10.6 Å². The van der Waals surface area contributed by atoms with E-state index in [1.165, 1.54) is 4.90 Å². The molecular formula is C17H20N4O6. The van der Waals surface area contributed by atoms with Gasteiger partial charge in [-0.25, -0.2) is 4.79 Å². The van der Waals surface area contributed by atoms with Crippen LogP contribution in [0.25, 0.3) is 0 Å². The number of nitrogens with zero attached hydrogens (tertiary/aromatic N) is 2. The summed E-state index contributed by atoms with van der Waals surface area (Å²) >= 11 is 0. The fourth-order valence-electron chi connectivity index (χ4n) is 2.58. The number of carbonyl (C=O) groups excluding carboxylic acids is 4. The molecule has 1 fully saturated rings. The number of amides is 5. The van der Waals surface area contributed by atoms with Crippen molar-refractivity contribution in [2.24, 2.45) is 0 Å². The van der Waals surface area contributed by atoms with Crippen LogP contribution in [0, 0.1) is 0 Å². The lowest BCUT2D eigenvalue weighted by molar-refractivity contribution is -0.153. The Kier molecular flexibility index (Phi) is 6.47. The monoisotopic (exact) mass is 376 g/mol. The van der Waals surface area contributed by atoms with Crippen molar-refractivity contribution in [3.8, 4) is 0 Å². The normalized spacial score (nSPS) is 15.3. The number of imide groups is 1. The number of nitrogens with one attached hydrogen (secondary N) is 2. The lowest BCUT2D eigenvalue weighted by Crippen LogP contribution is -2.59. The molecule has 10 nitrogen and oxygen atoms in total. The summed E-state index contributed by atoms with van der Waals surface area (Å²) in [7, 11) is 0. The Balaban J connectivity index is 2.16. The minimum absolute atomic E-state index is 0.00248. The molecule has 1 aromatic rings. The topological polar surface area (TPSA) is 136 Å². The van der Waals surface area contributed by atoms with E-state index in [9.17, 15) is 24.0 Å². The van der Waals surface area contributed by atoms with E-state index in [1.54, 1.807) is 37.3 Å². The molecule has 0 aromatic heterocycles. The molecule has 1 aromatic carbocycles. The summed E-state index contributed by atoms with van der Waals surface area (Å²) in [5, 5.41) is 13.3. The molecule has 0 radical (unpaired) electrons. The van der Waals surface area contributed by atoms with Gasteiger partial charge in [0.15, 0.2) is 0 Å². The number of likely N-dealkylation sites (N-methyl/N-ethyl adjacent to an activating group) is 1. The molecular weight excluding hydrogens is 356 g/mol. The zero-order chi connectivity index (χ0) is 20.0. The van der Waals surface area contributed by atoms with Crippen LogP contribution in [0.3, 0.4) is 0 Å². The number of urea groups is 1. The van der Waals surface area contributed by atoms with E-state index in [0.717, 1.165) is 4.90 Å². The average Bonchev–Trinajstić information content (AvgIpc) is 2.66. The second kappa shape index (κ2) is 8.79. The van der Waals surface area contributed by atoms with Gasteiger partial charge in [0.1, 0.15) is 12.6 Å². The van der Waals surface area contributed by atoms with Crippen molar-refractivity contribution in [2.75, 3.05) is 26.2 Å². The van der Waals surface area contributed by atoms with Crippen molar-refractivity contribution in [2.45, 2.75) is 13.0 Å². The predicted molar refractivity (Wildman–Crippen MR) is 92.3 cm³/mol. The second-order valence-electron chi connectivity index (χ2n) is 5.75. The lowest BCUT2D eigenvalue weighted by Gasteiger charge is -2.32. The number of carbonyl (C=O) groups is 5. The predicted octanol–water partition coefficient (Wildman–Crippen LogP) is -0.671. The Hall–Kier alpha value is -3.43. The first-order valence-electron chi connectivity index (χ1n) is 8.30. The number of piperazine rings is 1. The summed E-state index contributed by atoms with van der Waals surface area (Å²) < 4.78 is 0. The molecule has 3 N–H and O–H groups in total. The lowest BCUT2D eigenvalue weighted by atomic mass is 10.1. The van der Waals surface area contributed by atoms with Gasteiger partial charge in [-0.2, -0.15) is 0 Å². The third kappa shape index (κ3) is 4.81. The number of carboxylic acids is 1. The molecule has 144 valence electrons. The minimum atomic E-state index is -1.24. The summed E-state index contributed by atoms with van der Waals surface area (Å²) in [4.78, 5) is 61.7. The Morgan fingerprint density at radius 1 is 1.11 bits per heavy atom. The van der Waals surface area contributed by atoms with E-state index in [-0.39, 0.29) is 13.1 Å². The van der Waals surface area contributed by atoms with E-state index in [4.69, 9.17) is 5.11 Å². The Bertz CT molecular complexity index is 751. The molecule has 2 rings (SSSR count). The highest BCUT2D eigenvalue weighted by molar-refractivity contribution is 6.38. The van der Waals surface area contributed by atoms with Crippen LogP contribution in [0.5, 0.6) is 0 Å². The van der Waals surface area contributed by atoms with E-state index in [0.29, 0.717) is 12.1 Å². The van der Waals surface area contributed by atoms with Gasteiger partial charge in [0.05, 0.1) is 0 Å². The van der Waals surface area contributed by atoms with Gasteiger partial charge < -0.3 is 20.6 Å². The fourth-order valence-corrected chi connectivity index (χ4v) is 2.58. The highest BCUT2D eigenvalue weighted by Crippen LogP contribution is 2.14. The van der Waals surface area contributed by atoms with Crippen LogP contribution in [0.1, 0.15) is 18.5 Å². The number of aliphatic carboxylic acids is 1. The summed E-state index contributed by atoms with van der Waals surface area (Å²) in [6.45, 7) is 1.66. The number of carboxylic acid groups (broad SMARTS) is 1. The zero-order valence-corrected chi connectivity index (χ0v) is 14.7. The first kappa shape index (κ1) is 19.9. The van der Waals surface area contributed by atoms with Crippen molar-refractivity contribution in [3.63, 3.8) is 0 Å². The number of rotatable bonds is 6. The molecule has 10 heteroatoms. The van der Waals surface area contributed by atoms with Crippen molar-refractivity contribution in [1.82, 2.24) is 20.4 Å². The second-order valence-corrected chi connectivity index (χ2v) is 5.75. The largest absolute Gasteiger partial charge is 0.480 e. The van der Waals surface area contributed by atoms with E-state index in [1.807, 2.05) is 0 Å². The molecule has 1 saturated heterocycles. The van der Waals surface area contributed by atoms with Crippen LogP contribution >= 0.6 is 0 Å². The molecule has 27 heavy (non-hydrogen) atoms. The third-order valence-electron chi connectivity index (χ3n) is 4.01. The van der Waals surface area contributed by atoms with E-state index >= 15 is 0 Å². The molecule has 0 unspecified atom stereocenters. The Labute approximate surface area is 155 Å². The van der Waals surface area contributed by atoms with E-state index < -0.39 is 42.3 Å². The summed E-state index contributed by atoms with van der Waals surface area (Å²) in [6.07, 6.45) is 0. The maximum atomic E-state index is 12.5. The van der Waals surface area contributed by atoms with Crippen molar-refractivity contribution >= 4 is 29.7 Å². The fraction of sp³-hybridized carbons (Fsp3) is 0.353. The van der Waals surface area contributed by atoms with Crippen LogP contribution in [-0.4, -0.2) is 70.8 Å². The molecule has 0 bridgehead atoms. The van der Waals surface area contributed by atoms with Crippen molar-refractivity contribution in [1.29, 1.82) is 0 Å².